The average molecular weight is 418 g/mol. The summed E-state index contributed by atoms with van der Waals surface area (Å²) in [4.78, 5) is 22.1. The van der Waals surface area contributed by atoms with Crippen molar-refractivity contribution in [3.8, 4) is 0 Å². The number of para-hydroxylation sites is 1. The van der Waals surface area contributed by atoms with Crippen LogP contribution in [-0.4, -0.2) is 41.9 Å². The summed E-state index contributed by atoms with van der Waals surface area (Å²) in [5, 5.41) is 7.98. The van der Waals surface area contributed by atoms with Gasteiger partial charge in [-0.2, -0.15) is 0 Å². The van der Waals surface area contributed by atoms with Gasteiger partial charge in [0.05, 0.1) is 0 Å². The molecule has 3 N–H and O–H groups in total. The SMILES string of the molecule is CN=C(NCCCC(=O)N1Cc2ccccc2C1)NCCc1c[nH]c2c(C)cccc12. The average Bonchev–Trinajstić information content (AvgIpc) is 3.40. The van der Waals surface area contributed by atoms with E-state index in [0.717, 1.165) is 45.0 Å². The van der Waals surface area contributed by atoms with Crippen molar-refractivity contribution < 1.29 is 4.79 Å². The second-order valence-corrected chi connectivity index (χ2v) is 8.11. The number of aromatic amines is 1. The van der Waals surface area contributed by atoms with Gasteiger partial charge in [0.25, 0.3) is 0 Å². The molecule has 6 nitrogen and oxygen atoms in total. The predicted octanol–water partition coefficient (Wildman–Crippen LogP) is 3.51. The van der Waals surface area contributed by atoms with E-state index in [4.69, 9.17) is 0 Å². The van der Waals surface area contributed by atoms with E-state index < -0.39 is 0 Å². The fraction of sp³-hybridized carbons (Fsp3) is 0.360. The van der Waals surface area contributed by atoms with Gasteiger partial charge >= 0.3 is 0 Å². The molecule has 0 saturated carbocycles. The molecule has 1 aliphatic heterocycles. The van der Waals surface area contributed by atoms with E-state index in [1.54, 1.807) is 7.05 Å². The number of carbonyl (C=O) groups excluding carboxylic acids is 1. The van der Waals surface area contributed by atoms with Crippen LogP contribution < -0.4 is 10.6 Å². The van der Waals surface area contributed by atoms with Gasteiger partial charge in [-0.1, -0.05) is 42.5 Å². The Balaban J connectivity index is 1.16. The van der Waals surface area contributed by atoms with Crippen LogP contribution in [-0.2, 0) is 24.3 Å². The summed E-state index contributed by atoms with van der Waals surface area (Å²) in [5.41, 5.74) is 6.32. The van der Waals surface area contributed by atoms with Crippen LogP contribution in [0.5, 0.6) is 0 Å². The number of nitrogens with one attached hydrogen (secondary N) is 3. The first-order chi connectivity index (χ1) is 15.2. The number of rotatable bonds is 7. The molecule has 0 spiro atoms. The second kappa shape index (κ2) is 9.69. The first kappa shape index (κ1) is 21.0. The first-order valence-electron chi connectivity index (χ1n) is 11.0. The Morgan fingerprint density at radius 1 is 1.06 bits per heavy atom. The smallest absolute Gasteiger partial charge is 0.223 e. The highest BCUT2D eigenvalue weighted by molar-refractivity contribution is 5.86. The number of aryl methyl sites for hydroxylation is 1. The minimum atomic E-state index is 0.218. The lowest BCUT2D eigenvalue weighted by molar-refractivity contribution is -0.131. The second-order valence-electron chi connectivity index (χ2n) is 8.11. The first-order valence-corrected chi connectivity index (χ1v) is 11.0. The van der Waals surface area contributed by atoms with Crippen LogP contribution in [0.1, 0.15) is 35.1 Å². The van der Waals surface area contributed by atoms with Crippen molar-refractivity contribution >= 4 is 22.8 Å². The van der Waals surface area contributed by atoms with Crippen molar-refractivity contribution in [2.24, 2.45) is 4.99 Å². The summed E-state index contributed by atoms with van der Waals surface area (Å²) in [5.74, 6) is 0.993. The Labute approximate surface area is 183 Å². The highest BCUT2D eigenvalue weighted by Crippen LogP contribution is 2.23. The molecular weight excluding hydrogens is 386 g/mol. The fourth-order valence-electron chi connectivity index (χ4n) is 4.22. The Bertz CT molecular complexity index is 1060. The molecule has 4 rings (SSSR count). The van der Waals surface area contributed by atoms with E-state index in [2.05, 4.69) is 64.1 Å². The molecule has 0 aliphatic carbocycles. The number of guanidine groups is 1. The maximum absolute atomic E-state index is 12.5. The molecule has 0 atom stereocenters. The summed E-state index contributed by atoms with van der Waals surface area (Å²) >= 11 is 0. The van der Waals surface area contributed by atoms with Crippen molar-refractivity contribution in [3.05, 3.63) is 70.9 Å². The molecule has 2 aromatic carbocycles. The van der Waals surface area contributed by atoms with Gasteiger partial charge in [-0.25, -0.2) is 0 Å². The number of benzene rings is 2. The molecule has 0 fully saturated rings. The van der Waals surface area contributed by atoms with E-state index in [9.17, 15) is 4.79 Å². The normalized spacial score (nSPS) is 13.5. The van der Waals surface area contributed by atoms with Gasteiger partial charge in [0.15, 0.2) is 5.96 Å². The van der Waals surface area contributed by atoms with Crippen molar-refractivity contribution in [2.45, 2.75) is 39.3 Å². The van der Waals surface area contributed by atoms with Gasteiger partial charge in [-0.05, 0) is 42.0 Å². The van der Waals surface area contributed by atoms with Crippen molar-refractivity contribution in [1.82, 2.24) is 20.5 Å². The summed E-state index contributed by atoms with van der Waals surface area (Å²) in [6.45, 7) is 5.11. The van der Waals surface area contributed by atoms with Crippen LogP contribution in [0.15, 0.2) is 53.7 Å². The molecule has 0 saturated heterocycles. The van der Waals surface area contributed by atoms with Gasteiger partial charge in [0.1, 0.15) is 0 Å². The van der Waals surface area contributed by atoms with E-state index in [-0.39, 0.29) is 5.91 Å². The Kier molecular flexibility index (Phi) is 6.55. The third-order valence-electron chi connectivity index (χ3n) is 5.97. The number of amides is 1. The maximum Gasteiger partial charge on any atom is 0.223 e. The topological polar surface area (TPSA) is 72.5 Å². The number of hydrogen-bond donors (Lipinski definition) is 3. The van der Waals surface area contributed by atoms with Crippen molar-refractivity contribution in [1.29, 1.82) is 0 Å². The zero-order chi connectivity index (χ0) is 21.6. The number of nitrogens with zero attached hydrogens (tertiary/aromatic N) is 2. The van der Waals surface area contributed by atoms with Crippen molar-refractivity contribution in [2.75, 3.05) is 20.1 Å². The quantitative estimate of drug-likeness (QED) is 0.313. The summed E-state index contributed by atoms with van der Waals surface area (Å²) in [7, 11) is 1.77. The summed E-state index contributed by atoms with van der Waals surface area (Å²) in [6, 6.07) is 14.7. The van der Waals surface area contributed by atoms with E-state index >= 15 is 0 Å². The molecule has 1 amide bonds. The van der Waals surface area contributed by atoms with Gasteiger partial charge < -0.3 is 20.5 Å². The van der Waals surface area contributed by atoms with E-state index in [0.29, 0.717) is 6.42 Å². The largest absolute Gasteiger partial charge is 0.361 e. The van der Waals surface area contributed by atoms with Crippen LogP contribution in [0.3, 0.4) is 0 Å². The van der Waals surface area contributed by atoms with Crippen LogP contribution in [0.25, 0.3) is 10.9 Å². The van der Waals surface area contributed by atoms with Crippen LogP contribution in [0, 0.1) is 6.92 Å². The zero-order valence-corrected chi connectivity index (χ0v) is 18.4. The number of aromatic nitrogens is 1. The molecule has 31 heavy (non-hydrogen) atoms. The van der Waals surface area contributed by atoms with Gasteiger partial charge in [0, 0.05) is 56.7 Å². The zero-order valence-electron chi connectivity index (χ0n) is 18.4. The fourth-order valence-corrected chi connectivity index (χ4v) is 4.22. The molecule has 2 heterocycles. The van der Waals surface area contributed by atoms with Crippen LogP contribution in [0.2, 0.25) is 0 Å². The monoisotopic (exact) mass is 417 g/mol. The maximum atomic E-state index is 12.5. The predicted molar refractivity (Wildman–Crippen MR) is 126 cm³/mol. The number of H-pyrrole nitrogens is 1. The highest BCUT2D eigenvalue weighted by Gasteiger charge is 2.22. The minimum Gasteiger partial charge on any atom is -0.361 e. The molecule has 1 aliphatic rings. The number of hydrogen-bond acceptors (Lipinski definition) is 2. The highest BCUT2D eigenvalue weighted by atomic mass is 16.2. The standard InChI is InChI=1S/C25H31N5O/c1-18-7-5-10-22-19(15-29-24(18)22)12-14-28-25(26-2)27-13-6-11-23(31)30-16-20-8-3-4-9-21(20)17-30/h3-5,7-10,15,29H,6,11-14,16-17H2,1-2H3,(H2,26,27,28). The minimum absolute atomic E-state index is 0.218. The Hall–Kier alpha value is -3.28. The molecule has 0 radical (unpaired) electrons. The third-order valence-corrected chi connectivity index (χ3v) is 5.97. The number of fused-ring (bicyclic) bond motifs is 2. The lowest BCUT2D eigenvalue weighted by Gasteiger charge is -2.16. The molecule has 162 valence electrons. The molecule has 6 heteroatoms. The number of aliphatic imine (C=N–C) groups is 1. The van der Waals surface area contributed by atoms with Crippen LogP contribution in [0.4, 0.5) is 0 Å². The summed E-state index contributed by atoms with van der Waals surface area (Å²) in [6.07, 6.45) is 4.34. The molecular formula is C25H31N5O. The van der Waals surface area contributed by atoms with E-state index in [1.807, 2.05) is 17.0 Å². The molecule has 3 aromatic rings. The van der Waals surface area contributed by atoms with Gasteiger partial charge in [-0.3, -0.25) is 9.79 Å². The molecule has 0 bridgehead atoms. The lowest BCUT2D eigenvalue weighted by Crippen LogP contribution is -2.39. The molecule has 0 unspecified atom stereocenters. The van der Waals surface area contributed by atoms with Gasteiger partial charge in [0.2, 0.25) is 5.91 Å². The molecule has 1 aromatic heterocycles. The third kappa shape index (κ3) is 4.90. The lowest BCUT2D eigenvalue weighted by atomic mass is 10.1. The van der Waals surface area contributed by atoms with Crippen LogP contribution >= 0.6 is 0 Å². The van der Waals surface area contributed by atoms with E-state index in [1.165, 1.54) is 33.2 Å². The number of carbonyl (C=O) groups is 1. The van der Waals surface area contributed by atoms with Crippen molar-refractivity contribution in [3.63, 3.8) is 0 Å². The van der Waals surface area contributed by atoms with Gasteiger partial charge in [-0.15, -0.1) is 0 Å². The Morgan fingerprint density at radius 3 is 2.55 bits per heavy atom. The summed E-state index contributed by atoms with van der Waals surface area (Å²) < 4.78 is 0. The Morgan fingerprint density at radius 2 is 1.81 bits per heavy atom.